The summed E-state index contributed by atoms with van der Waals surface area (Å²) < 4.78 is 0. The molecule has 0 unspecified atom stereocenters. The number of benzene rings is 1. The van der Waals surface area contributed by atoms with E-state index in [0.29, 0.717) is 6.54 Å². The minimum atomic E-state index is -0.0731. The summed E-state index contributed by atoms with van der Waals surface area (Å²) in [5.41, 5.74) is 11.4. The molecule has 2 aromatic rings. The van der Waals surface area contributed by atoms with Gasteiger partial charge in [0.15, 0.2) is 5.84 Å². The molecule has 0 atom stereocenters. The van der Waals surface area contributed by atoms with Crippen molar-refractivity contribution in [2.75, 3.05) is 40.9 Å². The lowest BCUT2D eigenvalue weighted by Crippen LogP contribution is -2.48. The van der Waals surface area contributed by atoms with E-state index in [-0.39, 0.29) is 5.54 Å². The topological polar surface area (TPSA) is 73.9 Å². The largest absolute Gasteiger partial charge is 0.355 e. The van der Waals surface area contributed by atoms with Crippen LogP contribution in [0, 0.1) is 0 Å². The summed E-state index contributed by atoms with van der Waals surface area (Å²) in [6.07, 6.45) is 3.84. The number of hydrogen-bond acceptors (Lipinski definition) is 7. The molecule has 7 nitrogen and oxygen atoms in total. The molecule has 0 aliphatic carbocycles. The van der Waals surface area contributed by atoms with Crippen molar-refractivity contribution >= 4 is 23.0 Å². The first-order chi connectivity index (χ1) is 14.4. The van der Waals surface area contributed by atoms with E-state index < -0.39 is 0 Å². The first-order valence-electron chi connectivity index (χ1n) is 10.7. The Morgan fingerprint density at radius 3 is 2.57 bits per heavy atom. The van der Waals surface area contributed by atoms with Gasteiger partial charge in [0.2, 0.25) is 0 Å². The molecule has 3 aliphatic rings. The molecule has 1 fully saturated rings. The van der Waals surface area contributed by atoms with Gasteiger partial charge in [0.25, 0.3) is 0 Å². The Kier molecular flexibility index (Phi) is 4.50. The van der Waals surface area contributed by atoms with Crippen LogP contribution in [0.15, 0.2) is 47.7 Å². The van der Waals surface area contributed by atoms with Gasteiger partial charge in [-0.25, -0.2) is 9.97 Å². The van der Waals surface area contributed by atoms with Crippen molar-refractivity contribution < 1.29 is 0 Å². The fraction of sp³-hybridized carbons (Fsp3) is 0.435. The van der Waals surface area contributed by atoms with Gasteiger partial charge in [-0.1, -0.05) is 18.7 Å². The smallest absolute Gasteiger partial charge is 0.156 e. The predicted molar refractivity (Wildman–Crippen MR) is 122 cm³/mol. The van der Waals surface area contributed by atoms with Crippen LogP contribution in [0.4, 0.5) is 17.2 Å². The summed E-state index contributed by atoms with van der Waals surface area (Å²) >= 11 is 0. The second-order valence-corrected chi connectivity index (χ2v) is 8.83. The Morgan fingerprint density at radius 2 is 1.83 bits per heavy atom. The fourth-order valence-corrected chi connectivity index (χ4v) is 4.53. The van der Waals surface area contributed by atoms with Gasteiger partial charge in [0.1, 0.15) is 11.5 Å². The molecule has 1 aromatic carbocycles. The molecule has 0 spiro atoms. The highest BCUT2D eigenvalue weighted by Gasteiger charge is 2.32. The predicted octanol–water partition coefficient (Wildman–Crippen LogP) is 2.91. The number of allylic oxidation sites excluding steroid dienone is 1. The zero-order valence-corrected chi connectivity index (χ0v) is 17.8. The average Bonchev–Trinajstić information content (AvgIpc) is 3.16. The maximum absolute atomic E-state index is 6.28. The lowest BCUT2D eigenvalue weighted by molar-refractivity contribution is 0.363. The van der Waals surface area contributed by atoms with Crippen LogP contribution in [-0.2, 0) is 6.54 Å². The lowest BCUT2D eigenvalue weighted by atomic mass is 9.91. The van der Waals surface area contributed by atoms with Crippen LogP contribution in [0.3, 0.4) is 0 Å². The second-order valence-electron chi connectivity index (χ2n) is 8.83. The summed E-state index contributed by atoms with van der Waals surface area (Å²) in [6.45, 7) is 12.5. The zero-order valence-electron chi connectivity index (χ0n) is 17.8. The Labute approximate surface area is 177 Å². The normalized spacial score (nSPS) is 20.0. The Hall–Kier alpha value is -2.93. The quantitative estimate of drug-likeness (QED) is 0.831. The molecule has 3 aliphatic heterocycles. The van der Waals surface area contributed by atoms with Gasteiger partial charge in [0, 0.05) is 37.4 Å². The van der Waals surface area contributed by atoms with Gasteiger partial charge in [-0.05, 0) is 38.8 Å². The third-order valence-corrected chi connectivity index (χ3v) is 6.38. The Bertz CT molecular complexity index is 1020. The minimum Gasteiger partial charge on any atom is -0.355 e. The maximum atomic E-state index is 6.28. The third-order valence-electron chi connectivity index (χ3n) is 6.38. The number of nitrogens with zero attached hydrogens (tertiary/aromatic N) is 6. The number of fused-ring (bicyclic) bond motifs is 2. The first kappa shape index (κ1) is 19.1. The third kappa shape index (κ3) is 3.23. The van der Waals surface area contributed by atoms with E-state index >= 15 is 0 Å². The molecule has 156 valence electrons. The number of anilines is 3. The first-order valence-corrected chi connectivity index (χ1v) is 10.7. The Morgan fingerprint density at radius 1 is 1.10 bits per heavy atom. The van der Waals surface area contributed by atoms with E-state index in [1.165, 1.54) is 0 Å². The van der Waals surface area contributed by atoms with E-state index in [0.717, 1.165) is 79.1 Å². The number of aliphatic imine (C=N–C) groups is 1. The van der Waals surface area contributed by atoms with Crippen molar-refractivity contribution in [3.8, 4) is 0 Å². The molecule has 0 bridgehead atoms. The number of rotatable bonds is 2. The van der Waals surface area contributed by atoms with Gasteiger partial charge < -0.3 is 20.4 Å². The van der Waals surface area contributed by atoms with Crippen LogP contribution in [-0.4, -0.2) is 47.5 Å². The number of amidine groups is 1. The molecule has 2 N–H and O–H groups in total. The molecule has 1 saturated heterocycles. The number of piperidine rings is 1. The molecule has 0 saturated carbocycles. The standard InChI is InChI=1S/C23H29N7/c1-16(2)29-12-13-30(19-7-5-4-6-18(19)29)22-21-17(14-26-22)27-20(15-25-21)28-10-8-23(3,24)9-11-28/h4-7,15H,1,8-14,24H2,2-3H3. The molecule has 30 heavy (non-hydrogen) atoms. The van der Waals surface area contributed by atoms with Crippen LogP contribution in [0.1, 0.15) is 38.1 Å². The molecular weight excluding hydrogens is 374 g/mol. The van der Waals surface area contributed by atoms with Gasteiger partial charge >= 0.3 is 0 Å². The molecule has 0 radical (unpaired) electrons. The van der Waals surface area contributed by atoms with Crippen molar-refractivity contribution in [2.45, 2.75) is 38.8 Å². The zero-order chi connectivity index (χ0) is 20.9. The summed E-state index contributed by atoms with van der Waals surface area (Å²) in [5, 5.41) is 0. The van der Waals surface area contributed by atoms with E-state index in [1.54, 1.807) is 0 Å². The van der Waals surface area contributed by atoms with Crippen molar-refractivity contribution in [1.82, 2.24) is 9.97 Å². The van der Waals surface area contributed by atoms with E-state index in [4.69, 9.17) is 20.7 Å². The van der Waals surface area contributed by atoms with E-state index in [1.807, 2.05) is 6.20 Å². The highest BCUT2D eigenvalue weighted by Crippen LogP contribution is 2.36. The summed E-state index contributed by atoms with van der Waals surface area (Å²) in [4.78, 5) is 21.4. The molecule has 0 amide bonds. The summed E-state index contributed by atoms with van der Waals surface area (Å²) in [7, 11) is 0. The van der Waals surface area contributed by atoms with Crippen LogP contribution < -0.4 is 20.4 Å². The van der Waals surface area contributed by atoms with Crippen LogP contribution in [0.2, 0.25) is 0 Å². The summed E-state index contributed by atoms with van der Waals surface area (Å²) in [6, 6.07) is 8.42. The van der Waals surface area contributed by atoms with Gasteiger partial charge in [0.05, 0.1) is 29.8 Å². The number of para-hydroxylation sites is 2. The SMILES string of the molecule is C=C(C)N1CCN(C2=NCc3nc(N4CCC(C)(N)CC4)cnc32)c2ccccc21. The van der Waals surface area contributed by atoms with Crippen molar-refractivity contribution in [3.05, 3.63) is 54.1 Å². The molecular formula is C23H29N7. The van der Waals surface area contributed by atoms with Crippen molar-refractivity contribution in [3.63, 3.8) is 0 Å². The fourth-order valence-electron chi connectivity index (χ4n) is 4.53. The highest BCUT2D eigenvalue weighted by atomic mass is 15.3. The van der Waals surface area contributed by atoms with Gasteiger partial charge in [-0.2, -0.15) is 0 Å². The van der Waals surface area contributed by atoms with Crippen LogP contribution in [0.5, 0.6) is 0 Å². The van der Waals surface area contributed by atoms with Gasteiger partial charge in [-0.3, -0.25) is 4.99 Å². The van der Waals surface area contributed by atoms with Crippen LogP contribution >= 0.6 is 0 Å². The Balaban J connectivity index is 1.42. The monoisotopic (exact) mass is 403 g/mol. The van der Waals surface area contributed by atoms with Gasteiger partial charge in [-0.15, -0.1) is 0 Å². The molecule has 4 heterocycles. The van der Waals surface area contributed by atoms with Crippen LogP contribution in [0.25, 0.3) is 0 Å². The van der Waals surface area contributed by atoms with Crippen molar-refractivity contribution in [2.24, 2.45) is 10.7 Å². The molecule has 1 aromatic heterocycles. The number of hydrogen-bond donors (Lipinski definition) is 1. The number of aromatic nitrogens is 2. The molecule has 5 rings (SSSR count). The number of nitrogens with two attached hydrogens (primary N) is 1. The molecule has 7 heteroatoms. The second kappa shape index (κ2) is 7.09. The van der Waals surface area contributed by atoms with E-state index in [2.05, 4.69) is 59.4 Å². The summed E-state index contributed by atoms with van der Waals surface area (Å²) in [5.74, 6) is 1.86. The highest BCUT2D eigenvalue weighted by molar-refractivity contribution is 6.12. The minimum absolute atomic E-state index is 0.0731. The van der Waals surface area contributed by atoms with E-state index in [9.17, 15) is 0 Å². The van der Waals surface area contributed by atoms with Crippen molar-refractivity contribution in [1.29, 1.82) is 0 Å². The maximum Gasteiger partial charge on any atom is 0.156 e. The average molecular weight is 404 g/mol. The lowest BCUT2D eigenvalue weighted by Gasteiger charge is -2.39.